The van der Waals surface area contributed by atoms with E-state index in [0.29, 0.717) is 13.0 Å². The first-order chi connectivity index (χ1) is 9.10. The molecule has 0 bridgehead atoms. The number of non-ortho nitro benzene ring substituents is 1. The topological polar surface area (TPSA) is 61.6 Å². The van der Waals surface area contributed by atoms with E-state index in [0.717, 1.165) is 29.9 Å². The molecule has 1 heterocycles. The number of nitro benzene ring substituents is 1. The molecule has 2 rings (SSSR count). The number of benzene rings is 1. The Balaban J connectivity index is 2.04. The van der Waals surface area contributed by atoms with Crippen molar-refractivity contribution >= 4 is 5.69 Å². The Morgan fingerprint density at radius 1 is 1.63 bits per heavy atom. The number of fused-ring (bicyclic) bond motifs is 1. The second-order valence-corrected chi connectivity index (χ2v) is 4.50. The third kappa shape index (κ3) is 3.24. The molecule has 19 heavy (non-hydrogen) atoms. The summed E-state index contributed by atoms with van der Waals surface area (Å²) in [6, 6.07) is 4.73. The summed E-state index contributed by atoms with van der Waals surface area (Å²) < 4.78 is 11.1. The average Bonchev–Trinajstić information content (AvgIpc) is 2.38. The normalized spacial score (nSPS) is 17.2. The molecule has 1 unspecified atom stereocenters. The summed E-state index contributed by atoms with van der Waals surface area (Å²) in [6.07, 6.45) is 2.29. The predicted octanol–water partition coefficient (Wildman–Crippen LogP) is 3.23. The highest BCUT2D eigenvalue weighted by molar-refractivity contribution is 5.44. The zero-order valence-electron chi connectivity index (χ0n) is 10.9. The van der Waals surface area contributed by atoms with Gasteiger partial charge in [0.1, 0.15) is 11.9 Å². The second kappa shape index (κ2) is 5.73. The summed E-state index contributed by atoms with van der Waals surface area (Å²) in [6.45, 7) is 6.36. The highest BCUT2D eigenvalue weighted by Crippen LogP contribution is 2.32. The third-order valence-corrected chi connectivity index (χ3v) is 3.09. The first-order valence-electron chi connectivity index (χ1n) is 6.34. The van der Waals surface area contributed by atoms with Gasteiger partial charge in [0.05, 0.1) is 17.3 Å². The summed E-state index contributed by atoms with van der Waals surface area (Å²) >= 11 is 0. The highest BCUT2D eigenvalue weighted by atomic mass is 16.6. The number of ether oxygens (including phenoxy) is 2. The number of nitro groups is 1. The van der Waals surface area contributed by atoms with Crippen molar-refractivity contribution in [3.8, 4) is 5.75 Å². The van der Waals surface area contributed by atoms with Crippen molar-refractivity contribution in [3.05, 3.63) is 46.2 Å². The van der Waals surface area contributed by atoms with E-state index in [2.05, 4.69) is 6.58 Å². The fraction of sp³-hybridized carbons (Fsp3) is 0.429. The molecular formula is C14H17NO4. The van der Waals surface area contributed by atoms with Crippen molar-refractivity contribution in [2.45, 2.75) is 32.3 Å². The fourth-order valence-corrected chi connectivity index (χ4v) is 2.21. The van der Waals surface area contributed by atoms with Crippen LogP contribution in [-0.4, -0.2) is 17.6 Å². The Morgan fingerprint density at radius 3 is 3.11 bits per heavy atom. The van der Waals surface area contributed by atoms with Crippen LogP contribution in [0.1, 0.15) is 25.3 Å². The monoisotopic (exact) mass is 263 g/mol. The van der Waals surface area contributed by atoms with E-state index >= 15 is 0 Å². The van der Waals surface area contributed by atoms with E-state index in [9.17, 15) is 10.1 Å². The fourth-order valence-electron chi connectivity index (χ4n) is 2.21. The summed E-state index contributed by atoms with van der Waals surface area (Å²) in [7, 11) is 0. The maximum absolute atomic E-state index is 10.7. The van der Waals surface area contributed by atoms with Gasteiger partial charge < -0.3 is 9.47 Å². The van der Waals surface area contributed by atoms with Gasteiger partial charge in [-0.3, -0.25) is 10.1 Å². The Morgan fingerprint density at radius 2 is 2.42 bits per heavy atom. The van der Waals surface area contributed by atoms with Crippen LogP contribution in [-0.2, 0) is 11.2 Å². The van der Waals surface area contributed by atoms with Gasteiger partial charge in [0.15, 0.2) is 0 Å². The second-order valence-electron chi connectivity index (χ2n) is 4.50. The molecule has 0 spiro atoms. The number of nitrogens with zero attached hydrogens (tertiary/aromatic N) is 1. The van der Waals surface area contributed by atoms with Crippen molar-refractivity contribution in [2.24, 2.45) is 0 Å². The molecule has 0 saturated heterocycles. The molecule has 1 aliphatic heterocycles. The lowest BCUT2D eigenvalue weighted by Gasteiger charge is -2.26. The minimum Gasteiger partial charge on any atom is -0.499 e. The van der Waals surface area contributed by atoms with E-state index in [1.165, 1.54) is 6.07 Å². The molecular weight excluding hydrogens is 246 g/mol. The van der Waals surface area contributed by atoms with Crippen molar-refractivity contribution in [1.29, 1.82) is 0 Å². The largest absolute Gasteiger partial charge is 0.499 e. The van der Waals surface area contributed by atoms with E-state index in [4.69, 9.17) is 9.47 Å². The predicted molar refractivity (Wildman–Crippen MR) is 71.2 cm³/mol. The van der Waals surface area contributed by atoms with Gasteiger partial charge in [-0.2, -0.15) is 0 Å². The standard InChI is InChI=1S/C14H17NO4/c1-3-18-10(2)8-13-6-4-11-9-12(15(16)17)5-7-14(11)19-13/h5,7,9,13H,2-4,6,8H2,1H3. The molecule has 5 heteroatoms. The lowest BCUT2D eigenvalue weighted by atomic mass is 9.99. The summed E-state index contributed by atoms with van der Waals surface area (Å²) in [5.74, 6) is 1.45. The number of hydrogen-bond donors (Lipinski definition) is 0. The molecule has 1 aromatic rings. The van der Waals surface area contributed by atoms with Gasteiger partial charge in [-0.15, -0.1) is 0 Å². The maximum atomic E-state index is 10.7. The van der Waals surface area contributed by atoms with Gasteiger partial charge >= 0.3 is 0 Å². The molecule has 0 fully saturated rings. The van der Waals surface area contributed by atoms with Crippen molar-refractivity contribution in [2.75, 3.05) is 6.61 Å². The molecule has 0 N–H and O–H groups in total. The molecule has 0 aromatic heterocycles. The van der Waals surface area contributed by atoms with Crippen LogP contribution in [0.15, 0.2) is 30.5 Å². The van der Waals surface area contributed by atoms with Crippen LogP contribution >= 0.6 is 0 Å². The Hall–Kier alpha value is -2.04. The Kier molecular flexibility index (Phi) is 4.04. The smallest absolute Gasteiger partial charge is 0.269 e. The van der Waals surface area contributed by atoms with Crippen LogP contribution in [0.4, 0.5) is 5.69 Å². The Bertz CT molecular complexity index is 498. The SMILES string of the molecule is C=C(CC1CCc2cc([N+](=O)[O-])ccc2O1)OCC. The number of aryl methyl sites for hydroxylation is 1. The average molecular weight is 263 g/mol. The molecule has 102 valence electrons. The van der Waals surface area contributed by atoms with Gasteiger partial charge in [0, 0.05) is 24.1 Å². The zero-order valence-corrected chi connectivity index (χ0v) is 10.9. The maximum Gasteiger partial charge on any atom is 0.269 e. The first kappa shape index (κ1) is 13.4. The van der Waals surface area contributed by atoms with Crippen LogP contribution < -0.4 is 4.74 Å². The number of hydrogen-bond acceptors (Lipinski definition) is 4. The van der Waals surface area contributed by atoms with E-state index in [1.807, 2.05) is 6.92 Å². The van der Waals surface area contributed by atoms with Gasteiger partial charge in [-0.05, 0) is 25.8 Å². The summed E-state index contributed by atoms with van der Waals surface area (Å²) in [5, 5.41) is 10.7. The lowest BCUT2D eigenvalue weighted by Crippen LogP contribution is -2.23. The lowest BCUT2D eigenvalue weighted by molar-refractivity contribution is -0.385. The van der Waals surface area contributed by atoms with E-state index in [1.54, 1.807) is 12.1 Å². The first-order valence-corrected chi connectivity index (χ1v) is 6.34. The zero-order chi connectivity index (χ0) is 13.8. The van der Waals surface area contributed by atoms with Crippen molar-refractivity contribution < 1.29 is 14.4 Å². The van der Waals surface area contributed by atoms with E-state index in [-0.39, 0.29) is 16.7 Å². The highest BCUT2D eigenvalue weighted by Gasteiger charge is 2.22. The molecule has 0 saturated carbocycles. The Labute approximate surface area is 112 Å². The molecule has 0 radical (unpaired) electrons. The van der Waals surface area contributed by atoms with Gasteiger partial charge in [0.25, 0.3) is 5.69 Å². The number of rotatable bonds is 5. The van der Waals surface area contributed by atoms with Crippen LogP contribution in [0.5, 0.6) is 5.75 Å². The third-order valence-electron chi connectivity index (χ3n) is 3.09. The molecule has 1 atom stereocenters. The summed E-state index contributed by atoms with van der Waals surface area (Å²) in [4.78, 5) is 10.3. The molecule has 5 nitrogen and oxygen atoms in total. The molecule has 1 aromatic carbocycles. The van der Waals surface area contributed by atoms with Crippen LogP contribution in [0, 0.1) is 10.1 Å². The van der Waals surface area contributed by atoms with Crippen molar-refractivity contribution in [1.82, 2.24) is 0 Å². The quantitative estimate of drug-likeness (QED) is 0.465. The van der Waals surface area contributed by atoms with Gasteiger partial charge in [-0.25, -0.2) is 0 Å². The minimum atomic E-state index is -0.386. The van der Waals surface area contributed by atoms with Crippen LogP contribution in [0.3, 0.4) is 0 Å². The van der Waals surface area contributed by atoms with E-state index < -0.39 is 0 Å². The minimum absolute atomic E-state index is 0.0352. The van der Waals surface area contributed by atoms with Gasteiger partial charge in [-0.1, -0.05) is 6.58 Å². The van der Waals surface area contributed by atoms with Gasteiger partial charge in [0.2, 0.25) is 0 Å². The van der Waals surface area contributed by atoms with Crippen LogP contribution in [0.2, 0.25) is 0 Å². The molecule has 1 aliphatic rings. The summed E-state index contributed by atoms with van der Waals surface area (Å²) in [5.41, 5.74) is 1.01. The van der Waals surface area contributed by atoms with Crippen molar-refractivity contribution in [3.63, 3.8) is 0 Å². The molecule has 0 aliphatic carbocycles. The molecule has 0 amide bonds. The van der Waals surface area contributed by atoms with Crippen LogP contribution in [0.25, 0.3) is 0 Å².